The Bertz CT molecular complexity index is 817. The van der Waals surface area contributed by atoms with Crippen LogP contribution in [0.1, 0.15) is 16.7 Å². The molecule has 1 saturated heterocycles. The predicted molar refractivity (Wildman–Crippen MR) is 112 cm³/mol. The number of benzene rings is 2. The maximum atomic E-state index is 13.9. The van der Waals surface area contributed by atoms with Crippen LogP contribution in [0.2, 0.25) is 0 Å². The van der Waals surface area contributed by atoms with Crippen LogP contribution in [-0.4, -0.2) is 67.5 Å². The molecule has 2 aromatic carbocycles. The zero-order valence-corrected chi connectivity index (χ0v) is 17.5. The summed E-state index contributed by atoms with van der Waals surface area (Å²) in [5, 5.41) is 0. The molecule has 0 aromatic heterocycles. The highest BCUT2D eigenvalue weighted by Gasteiger charge is 2.21. The Hall–Kier alpha value is -2.44. The van der Waals surface area contributed by atoms with Gasteiger partial charge in [0.25, 0.3) is 0 Å². The number of carbonyl (C=O) groups excluding carboxylic acids is 1. The summed E-state index contributed by atoms with van der Waals surface area (Å²) < 4.78 is 18.8. The van der Waals surface area contributed by atoms with E-state index < -0.39 is 0 Å². The third-order valence-corrected chi connectivity index (χ3v) is 5.41. The Morgan fingerprint density at radius 2 is 1.66 bits per heavy atom. The van der Waals surface area contributed by atoms with E-state index in [9.17, 15) is 9.18 Å². The fraction of sp³-hybridized carbons (Fsp3) is 0.435. The number of aryl methyl sites for hydroxylation is 1. The minimum absolute atomic E-state index is 0.135. The van der Waals surface area contributed by atoms with Crippen molar-refractivity contribution in [1.82, 2.24) is 14.7 Å². The van der Waals surface area contributed by atoms with Crippen molar-refractivity contribution in [2.75, 3.05) is 46.9 Å². The second-order valence-electron chi connectivity index (χ2n) is 7.76. The van der Waals surface area contributed by atoms with E-state index in [1.54, 1.807) is 11.0 Å². The van der Waals surface area contributed by atoms with Crippen LogP contribution in [0.25, 0.3) is 0 Å². The van der Waals surface area contributed by atoms with Crippen molar-refractivity contribution in [2.24, 2.45) is 0 Å². The van der Waals surface area contributed by atoms with Crippen LogP contribution in [0.4, 0.5) is 4.39 Å². The van der Waals surface area contributed by atoms with E-state index in [4.69, 9.17) is 4.74 Å². The molecular formula is C23H30FN3O2. The number of carbonyl (C=O) groups is 1. The van der Waals surface area contributed by atoms with Crippen LogP contribution in [0.15, 0.2) is 42.5 Å². The Morgan fingerprint density at radius 3 is 2.28 bits per heavy atom. The molecule has 1 aliphatic heterocycles. The fourth-order valence-electron chi connectivity index (χ4n) is 3.54. The lowest BCUT2D eigenvalue weighted by Gasteiger charge is -2.35. The normalized spacial score (nSPS) is 15.3. The summed E-state index contributed by atoms with van der Waals surface area (Å²) in [5.41, 5.74) is 3.30. The smallest absolute Gasteiger partial charge is 0.236 e. The van der Waals surface area contributed by atoms with E-state index in [2.05, 4.69) is 41.0 Å². The SMILES string of the molecule is COc1ccc(CN2CCN(CC(=O)N(C)Cc3ccc(C)cc3)CC2)cc1F. The molecule has 1 fully saturated rings. The summed E-state index contributed by atoms with van der Waals surface area (Å²) in [6.07, 6.45) is 0. The van der Waals surface area contributed by atoms with Crippen LogP contribution < -0.4 is 4.74 Å². The second kappa shape index (κ2) is 9.85. The Morgan fingerprint density at radius 1 is 1.03 bits per heavy atom. The molecule has 0 spiro atoms. The number of hydrogen-bond acceptors (Lipinski definition) is 4. The van der Waals surface area contributed by atoms with E-state index in [-0.39, 0.29) is 17.5 Å². The molecule has 1 amide bonds. The van der Waals surface area contributed by atoms with Crippen molar-refractivity contribution >= 4 is 5.91 Å². The molecule has 156 valence electrons. The third kappa shape index (κ3) is 6.02. The van der Waals surface area contributed by atoms with Gasteiger partial charge in [-0.25, -0.2) is 4.39 Å². The van der Waals surface area contributed by atoms with Gasteiger partial charge in [0.1, 0.15) is 0 Å². The molecule has 2 aromatic rings. The number of hydrogen-bond donors (Lipinski definition) is 0. The van der Waals surface area contributed by atoms with Gasteiger partial charge in [-0.15, -0.1) is 0 Å². The van der Waals surface area contributed by atoms with Gasteiger partial charge in [-0.3, -0.25) is 14.6 Å². The van der Waals surface area contributed by atoms with Crippen molar-refractivity contribution in [3.8, 4) is 5.75 Å². The van der Waals surface area contributed by atoms with Gasteiger partial charge in [0, 0.05) is 46.3 Å². The highest BCUT2D eigenvalue weighted by atomic mass is 19.1. The maximum Gasteiger partial charge on any atom is 0.236 e. The number of amides is 1. The van der Waals surface area contributed by atoms with E-state index in [0.717, 1.165) is 37.3 Å². The van der Waals surface area contributed by atoms with Crippen molar-refractivity contribution in [2.45, 2.75) is 20.0 Å². The molecule has 3 rings (SSSR count). The number of piperazine rings is 1. The van der Waals surface area contributed by atoms with Crippen LogP contribution in [0, 0.1) is 12.7 Å². The van der Waals surface area contributed by atoms with Crippen LogP contribution in [0.5, 0.6) is 5.75 Å². The lowest BCUT2D eigenvalue weighted by atomic mass is 10.1. The van der Waals surface area contributed by atoms with Crippen molar-refractivity contribution in [1.29, 1.82) is 0 Å². The molecule has 0 saturated carbocycles. The Balaban J connectivity index is 1.43. The zero-order chi connectivity index (χ0) is 20.8. The van der Waals surface area contributed by atoms with Gasteiger partial charge in [0.15, 0.2) is 11.6 Å². The van der Waals surface area contributed by atoms with E-state index in [0.29, 0.717) is 19.6 Å². The minimum Gasteiger partial charge on any atom is -0.494 e. The predicted octanol–water partition coefficient (Wildman–Crippen LogP) is 2.92. The summed E-state index contributed by atoms with van der Waals surface area (Å²) in [6.45, 7) is 7.23. The highest BCUT2D eigenvalue weighted by Crippen LogP contribution is 2.19. The molecule has 1 heterocycles. The number of nitrogens with zero attached hydrogens (tertiary/aromatic N) is 3. The van der Waals surface area contributed by atoms with Gasteiger partial charge in [-0.05, 0) is 30.2 Å². The number of likely N-dealkylation sites (N-methyl/N-ethyl adjacent to an activating group) is 1. The molecule has 5 nitrogen and oxygen atoms in total. The van der Waals surface area contributed by atoms with Gasteiger partial charge < -0.3 is 9.64 Å². The monoisotopic (exact) mass is 399 g/mol. The minimum atomic E-state index is -0.328. The molecule has 0 aliphatic carbocycles. The van der Waals surface area contributed by atoms with Crippen molar-refractivity contribution in [3.05, 3.63) is 65.0 Å². The lowest BCUT2D eigenvalue weighted by molar-refractivity contribution is -0.132. The molecule has 0 unspecified atom stereocenters. The molecule has 0 radical (unpaired) electrons. The summed E-state index contributed by atoms with van der Waals surface area (Å²) >= 11 is 0. The van der Waals surface area contributed by atoms with Crippen LogP contribution in [-0.2, 0) is 17.9 Å². The molecule has 6 heteroatoms. The first kappa shape index (κ1) is 21.3. The van der Waals surface area contributed by atoms with Gasteiger partial charge in [0.05, 0.1) is 13.7 Å². The third-order valence-electron chi connectivity index (χ3n) is 5.41. The van der Waals surface area contributed by atoms with Gasteiger partial charge in [0.2, 0.25) is 5.91 Å². The highest BCUT2D eigenvalue weighted by molar-refractivity contribution is 5.78. The number of methoxy groups -OCH3 is 1. The first-order valence-corrected chi connectivity index (χ1v) is 10.0. The lowest BCUT2D eigenvalue weighted by Crippen LogP contribution is -2.49. The number of rotatable bonds is 7. The molecule has 1 aliphatic rings. The van der Waals surface area contributed by atoms with Gasteiger partial charge >= 0.3 is 0 Å². The summed E-state index contributed by atoms with van der Waals surface area (Å²) in [7, 11) is 3.33. The van der Waals surface area contributed by atoms with Crippen LogP contribution in [0.3, 0.4) is 0 Å². The van der Waals surface area contributed by atoms with Crippen molar-refractivity contribution < 1.29 is 13.9 Å². The number of ether oxygens (including phenoxy) is 1. The van der Waals surface area contributed by atoms with Crippen molar-refractivity contribution in [3.63, 3.8) is 0 Å². The zero-order valence-electron chi connectivity index (χ0n) is 17.5. The molecule has 0 atom stereocenters. The fourth-order valence-corrected chi connectivity index (χ4v) is 3.54. The van der Waals surface area contributed by atoms with Crippen LogP contribution >= 0.6 is 0 Å². The van der Waals surface area contributed by atoms with Gasteiger partial charge in [-0.1, -0.05) is 35.9 Å². The van der Waals surface area contributed by atoms with E-state index >= 15 is 0 Å². The summed E-state index contributed by atoms with van der Waals surface area (Å²) in [4.78, 5) is 18.8. The first-order chi connectivity index (χ1) is 13.9. The first-order valence-electron chi connectivity index (χ1n) is 10.0. The molecular weight excluding hydrogens is 369 g/mol. The van der Waals surface area contributed by atoms with Gasteiger partial charge in [-0.2, -0.15) is 0 Å². The average Bonchev–Trinajstić information content (AvgIpc) is 2.71. The molecule has 0 N–H and O–H groups in total. The topological polar surface area (TPSA) is 36.0 Å². The average molecular weight is 400 g/mol. The second-order valence-corrected chi connectivity index (χ2v) is 7.76. The summed E-state index contributed by atoms with van der Waals surface area (Å²) in [6, 6.07) is 13.4. The standard InChI is InChI=1S/C23H30FN3O2/c1-18-4-6-19(7-5-18)15-25(2)23(28)17-27-12-10-26(11-13-27)16-20-8-9-22(29-3)21(24)14-20/h4-9,14H,10-13,15-17H2,1-3H3. The molecule has 0 bridgehead atoms. The van der Waals surface area contributed by atoms with E-state index in [1.807, 2.05) is 13.1 Å². The molecule has 29 heavy (non-hydrogen) atoms. The number of halogens is 1. The quantitative estimate of drug-likeness (QED) is 0.717. The largest absolute Gasteiger partial charge is 0.494 e. The Labute approximate surface area is 172 Å². The van der Waals surface area contributed by atoms with E-state index in [1.165, 1.54) is 18.7 Å². The summed E-state index contributed by atoms with van der Waals surface area (Å²) in [5.74, 6) is 0.0777. The Kier molecular flexibility index (Phi) is 7.23. The maximum absolute atomic E-state index is 13.9.